The molecule has 2 aliphatic rings. The van der Waals surface area contributed by atoms with Crippen LogP contribution < -0.4 is 0 Å². The molecule has 2 rings (SSSR count). The van der Waals surface area contributed by atoms with Gasteiger partial charge in [-0.2, -0.15) is 0 Å². The van der Waals surface area contributed by atoms with E-state index in [2.05, 4.69) is 40.4 Å². The second-order valence-electron chi connectivity index (χ2n) is 6.10. The minimum absolute atomic E-state index is 0.271. The maximum atomic E-state index is 6.20. The summed E-state index contributed by atoms with van der Waals surface area (Å²) < 4.78 is 18.7. The van der Waals surface area contributed by atoms with Crippen molar-refractivity contribution in [3.8, 4) is 11.8 Å². The number of rotatable bonds is 3. The monoisotopic (exact) mass is 354 g/mol. The second kappa shape index (κ2) is 6.66. The Morgan fingerprint density at radius 2 is 2.33 bits per heavy atom. The van der Waals surface area contributed by atoms with Crippen molar-refractivity contribution in [2.75, 3.05) is 13.2 Å². The van der Waals surface area contributed by atoms with Crippen molar-refractivity contribution in [3.63, 3.8) is 0 Å². The third-order valence-electron chi connectivity index (χ3n) is 3.49. The number of ether oxygens (including phenoxy) is 3. The zero-order chi connectivity index (χ0) is 15.5. The highest BCUT2D eigenvalue weighted by atomic mass is 79.9. The molecule has 2 atom stereocenters. The van der Waals surface area contributed by atoms with Gasteiger partial charge in [0, 0.05) is 4.48 Å². The van der Waals surface area contributed by atoms with Gasteiger partial charge in [-0.3, -0.25) is 0 Å². The van der Waals surface area contributed by atoms with Crippen LogP contribution in [0.3, 0.4) is 0 Å². The van der Waals surface area contributed by atoms with E-state index in [1.807, 2.05) is 20.8 Å². The van der Waals surface area contributed by atoms with Crippen LogP contribution in [0.25, 0.3) is 0 Å². The van der Waals surface area contributed by atoms with Crippen LogP contribution in [0, 0.1) is 11.8 Å². The Morgan fingerprint density at radius 3 is 3.00 bits per heavy atom. The molecule has 0 amide bonds. The molecule has 0 bridgehead atoms. The Morgan fingerprint density at radius 1 is 1.57 bits per heavy atom. The molecule has 0 aromatic carbocycles. The fourth-order valence-corrected chi connectivity index (χ4v) is 3.41. The molecule has 3 nitrogen and oxygen atoms in total. The standard InChI is InChI=1S/C17H23BrO3/c1-13(2)12-19-11-7-9-15-17(21-16(3,4)20-15)10-6-5-8-14(17)18/h8,15H,1,5-6,10-12H2,2-4H3/t15-,17+/m0/s1. The molecule has 0 unspecified atom stereocenters. The number of allylic oxidation sites excluding steroid dienone is 1. The first-order chi connectivity index (χ1) is 9.86. The molecule has 0 N–H and O–H groups in total. The smallest absolute Gasteiger partial charge is 0.166 e. The molecule has 1 spiro atoms. The lowest BCUT2D eigenvalue weighted by Gasteiger charge is -2.33. The van der Waals surface area contributed by atoms with Gasteiger partial charge in [0.1, 0.15) is 12.2 Å². The molecular weight excluding hydrogens is 332 g/mol. The first-order valence-electron chi connectivity index (χ1n) is 7.30. The van der Waals surface area contributed by atoms with Gasteiger partial charge >= 0.3 is 0 Å². The first kappa shape index (κ1) is 16.8. The molecule has 0 aromatic heterocycles. The molecule has 0 radical (unpaired) electrons. The van der Waals surface area contributed by atoms with Gasteiger partial charge < -0.3 is 14.2 Å². The van der Waals surface area contributed by atoms with Crippen molar-refractivity contribution in [1.82, 2.24) is 0 Å². The Bertz CT molecular complexity index is 498. The quantitative estimate of drug-likeness (QED) is 0.436. The summed E-state index contributed by atoms with van der Waals surface area (Å²) in [7, 11) is 0. The highest BCUT2D eigenvalue weighted by molar-refractivity contribution is 9.11. The summed E-state index contributed by atoms with van der Waals surface area (Å²) in [5.41, 5.74) is 0.524. The number of halogens is 1. The van der Waals surface area contributed by atoms with Crippen LogP contribution in [0.1, 0.15) is 40.0 Å². The SMILES string of the molecule is C=C(C)COCC#C[C@@H]1OC(C)(C)O[C@@]12CCCC=C2Br. The molecule has 1 fully saturated rings. The summed E-state index contributed by atoms with van der Waals surface area (Å²) in [6, 6.07) is 0. The molecule has 21 heavy (non-hydrogen) atoms. The fourth-order valence-electron chi connectivity index (χ4n) is 2.69. The number of hydrogen-bond donors (Lipinski definition) is 0. The molecule has 4 heteroatoms. The van der Waals surface area contributed by atoms with E-state index >= 15 is 0 Å². The van der Waals surface area contributed by atoms with Gasteiger partial charge in [-0.15, -0.1) is 0 Å². The zero-order valence-electron chi connectivity index (χ0n) is 13.0. The predicted octanol–water partition coefficient (Wildman–Crippen LogP) is 3.94. The van der Waals surface area contributed by atoms with Gasteiger partial charge in [0.15, 0.2) is 11.9 Å². The van der Waals surface area contributed by atoms with Crippen molar-refractivity contribution in [1.29, 1.82) is 0 Å². The fraction of sp³-hybridized carbons (Fsp3) is 0.647. The third kappa shape index (κ3) is 3.98. The van der Waals surface area contributed by atoms with Gasteiger partial charge in [-0.05, 0) is 40.0 Å². The zero-order valence-corrected chi connectivity index (χ0v) is 14.6. The largest absolute Gasteiger partial charge is 0.364 e. The summed E-state index contributed by atoms with van der Waals surface area (Å²) in [5, 5.41) is 0. The summed E-state index contributed by atoms with van der Waals surface area (Å²) in [4.78, 5) is 0. The normalized spacial score (nSPS) is 30.7. The Hall–Kier alpha value is -0.600. The van der Waals surface area contributed by atoms with E-state index in [-0.39, 0.29) is 6.10 Å². The molecule has 1 heterocycles. The van der Waals surface area contributed by atoms with Crippen LogP contribution >= 0.6 is 15.9 Å². The minimum Gasteiger partial charge on any atom is -0.364 e. The van der Waals surface area contributed by atoms with Gasteiger partial charge in [0.05, 0.1) is 6.61 Å². The van der Waals surface area contributed by atoms with Crippen molar-refractivity contribution in [2.45, 2.75) is 57.5 Å². The van der Waals surface area contributed by atoms with Gasteiger partial charge in [0.2, 0.25) is 0 Å². The topological polar surface area (TPSA) is 27.7 Å². The lowest BCUT2D eigenvalue weighted by Crippen LogP contribution is -2.41. The summed E-state index contributed by atoms with van der Waals surface area (Å²) in [5.74, 6) is 5.60. The van der Waals surface area contributed by atoms with Crippen molar-refractivity contribution in [2.24, 2.45) is 0 Å². The second-order valence-corrected chi connectivity index (χ2v) is 6.96. The van der Waals surface area contributed by atoms with Gasteiger partial charge in [0.25, 0.3) is 0 Å². The lowest BCUT2D eigenvalue weighted by atomic mass is 9.86. The van der Waals surface area contributed by atoms with Crippen molar-refractivity contribution in [3.05, 3.63) is 22.7 Å². The van der Waals surface area contributed by atoms with E-state index in [0.29, 0.717) is 13.2 Å². The van der Waals surface area contributed by atoms with Crippen LogP contribution in [0.2, 0.25) is 0 Å². The molecular formula is C17H23BrO3. The van der Waals surface area contributed by atoms with Gasteiger partial charge in [-0.25, -0.2) is 0 Å². The van der Waals surface area contributed by atoms with E-state index in [0.717, 1.165) is 29.3 Å². The minimum atomic E-state index is -0.623. The van der Waals surface area contributed by atoms with Crippen LogP contribution in [-0.4, -0.2) is 30.7 Å². The van der Waals surface area contributed by atoms with Crippen LogP contribution in [-0.2, 0) is 14.2 Å². The molecule has 116 valence electrons. The van der Waals surface area contributed by atoms with Crippen molar-refractivity contribution >= 4 is 15.9 Å². The average molecular weight is 355 g/mol. The van der Waals surface area contributed by atoms with Crippen LogP contribution in [0.4, 0.5) is 0 Å². The Labute approximate surface area is 135 Å². The Balaban J connectivity index is 2.09. The molecule has 0 saturated carbocycles. The molecule has 0 aromatic rings. The summed E-state index contributed by atoms with van der Waals surface area (Å²) in [6.07, 6.45) is 4.96. The van der Waals surface area contributed by atoms with Gasteiger partial charge in [-0.1, -0.05) is 46.0 Å². The van der Waals surface area contributed by atoms with E-state index in [1.54, 1.807) is 0 Å². The van der Waals surface area contributed by atoms with E-state index in [9.17, 15) is 0 Å². The summed E-state index contributed by atoms with van der Waals surface area (Å²) >= 11 is 3.65. The van der Waals surface area contributed by atoms with E-state index < -0.39 is 11.4 Å². The highest BCUT2D eigenvalue weighted by Crippen LogP contribution is 2.48. The van der Waals surface area contributed by atoms with Crippen LogP contribution in [0.15, 0.2) is 22.7 Å². The van der Waals surface area contributed by atoms with Crippen molar-refractivity contribution < 1.29 is 14.2 Å². The molecule has 1 aliphatic carbocycles. The maximum absolute atomic E-state index is 6.20. The Kier molecular flexibility index (Phi) is 5.32. The van der Waals surface area contributed by atoms with E-state index in [4.69, 9.17) is 14.2 Å². The molecule has 1 aliphatic heterocycles. The number of hydrogen-bond acceptors (Lipinski definition) is 3. The van der Waals surface area contributed by atoms with E-state index in [1.165, 1.54) is 0 Å². The average Bonchev–Trinajstić information content (AvgIpc) is 2.64. The third-order valence-corrected chi connectivity index (χ3v) is 4.48. The first-order valence-corrected chi connectivity index (χ1v) is 8.10. The highest BCUT2D eigenvalue weighted by Gasteiger charge is 2.54. The molecule has 1 saturated heterocycles. The lowest BCUT2D eigenvalue weighted by molar-refractivity contribution is -0.155. The predicted molar refractivity (Wildman–Crippen MR) is 87.0 cm³/mol. The summed E-state index contributed by atoms with van der Waals surface area (Å²) in [6.45, 7) is 10.5. The van der Waals surface area contributed by atoms with Crippen LogP contribution in [0.5, 0.6) is 0 Å². The maximum Gasteiger partial charge on any atom is 0.166 e.